The molecule has 0 bridgehead atoms. The van der Waals surface area contributed by atoms with Gasteiger partial charge in [-0.15, -0.1) is 0 Å². The molecule has 2 aromatic rings. The van der Waals surface area contributed by atoms with Crippen molar-refractivity contribution in [3.63, 3.8) is 0 Å². The summed E-state index contributed by atoms with van der Waals surface area (Å²) >= 11 is 0. The monoisotopic (exact) mass is 175 g/mol. The van der Waals surface area contributed by atoms with Gasteiger partial charge in [-0.2, -0.15) is 15.3 Å². The fourth-order valence-electron chi connectivity index (χ4n) is 1.01. The van der Waals surface area contributed by atoms with E-state index in [-0.39, 0.29) is 0 Å². The molecule has 13 heavy (non-hydrogen) atoms. The molecule has 0 unspecified atom stereocenters. The summed E-state index contributed by atoms with van der Waals surface area (Å²) in [6.07, 6.45) is 4.12. The lowest BCUT2D eigenvalue weighted by molar-refractivity contribution is 0.946. The largest absolute Gasteiger partial charge is 0.263 e. The van der Waals surface area contributed by atoms with Gasteiger partial charge in [0.1, 0.15) is 5.82 Å². The van der Waals surface area contributed by atoms with Crippen LogP contribution in [0.25, 0.3) is 11.4 Å². The normalized spacial score (nSPS) is 10.2. The zero-order valence-electron chi connectivity index (χ0n) is 7.23. The first kappa shape index (κ1) is 7.85. The summed E-state index contributed by atoms with van der Waals surface area (Å²) in [7, 11) is 0. The number of hydrogen-bond donors (Lipinski definition) is 1. The Balaban J connectivity index is 2.36. The van der Waals surface area contributed by atoms with Gasteiger partial charge >= 0.3 is 0 Å². The molecule has 0 saturated heterocycles. The van der Waals surface area contributed by atoms with Crippen molar-refractivity contribution in [1.29, 1.82) is 0 Å². The molecular weight excluding hydrogens is 166 g/mol. The average molecular weight is 175 g/mol. The zero-order chi connectivity index (χ0) is 9.10. The van der Waals surface area contributed by atoms with Crippen molar-refractivity contribution in [2.45, 2.75) is 13.3 Å². The second-order valence-corrected chi connectivity index (χ2v) is 2.59. The van der Waals surface area contributed by atoms with Crippen LogP contribution in [-0.4, -0.2) is 25.4 Å². The fourth-order valence-corrected chi connectivity index (χ4v) is 1.01. The smallest absolute Gasteiger partial charge is 0.182 e. The second-order valence-electron chi connectivity index (χ2n) is 2.59. The minimum absolute atomic E-state index is 0.673. The number of nitrogens with one attached hydrogen (secondary N) is 1. The van der Waals surface area contributed by atoms with Gasteiger partial charge in [0, 0.05) is 12.0 Å². The maximum Gasteiger partial charge on any atom is 0.182 e. The van der Waals surface area contributed by atoms with E-state index in [1.165, 1.54) is 0 Å². The molecular formula is C8H9N5. The van der Waals surface area contributed by atoms with Crippen LogP contribution in [0.1, 0.15) is 12.7 Å². The van der Waals surface area contributed by atoms with E-state index in [0.29, 0.717) is 5.82 Å². The first-order valence-corrected chi connectivity index (χ1v) is 4.08. The number of aryl methyl sites for hydroxylation is 1. The van der Waals surface area contributed by atoms with E-state index in [2.05, 4.69) is 25.4 Å². The Bertz CT molecular complexity index is 380. The highest BCUT2D eigenvalue weighted by Gasteiger charge is 2.03. The van der Waals surface area contributed by atoms with Crippen molar-refractivity contribution < 1.29 is 0 Å². The van der Waals surface area contributed by atoms with Crippen LogP contribution in [0, 0.1) is 0 Å². The molecule has 5 heteroatoms. The molecule has 0 aliphatic carbocycles. The SMILES string of the molecule is CCc1nc(-c2ccnnc2)n[nH]1. The zero-order valence-corrected chi connectivity index (χ0v) is 7.23. The van der Waals surface area contributed by atoms with Crippen molar-refractivity contribution in [1.82, 2.24) is 25.4 Å². The highest BCUT2D eigenvalue weighted by molar-refractivity contribution is 5.51. The molecule has 0 amide bonds. The Kier molecular flexibility index (Phi) is 1.99. The predicted molar refractivity (Wildman–Crippen MR) is 46.8 cm³/mol. The number of H-pyrrole nitrogens is 1. The minimum Gasteiger partial charge on any atom is -0.263 e. The quantitative estimate of drug-likeness (QED) is 0.733. The van der Waals surface area contributed by atoms with Crippen LogP contribution in [0.4, 0.5) is 0 Å². The van der Waals surface area contributed by atoms with E-state index in [0.717, 1.165) is 17.8 Å². The molecule has 66 valence electrons. The number of hydrogen-bond acceptors (Lipinski definition) is 4. The highest BCUT2D eigenvalue weighted by Crippen LogP contribution is 2.10. The van der Waals surface area contributed by atoms with Gasteiger partial charge < -0.3 is 0 Å². The lowest BCUT2D eigenvalue weighted by Crippen LogP contribution is -1.84. The third-order valence-corrected chi connectivity index (χ3v) is 1.71. The summed E-state index contributed by atoms with van der Waals surface area (Å²) in [6.45, 7) is 2.02. The van der Waals surface area contributed by atoms with E-state index in [4.69, 9.17) is 0 Å². The molecule has 2 rings (SSSR count). The summed E-state index contributed by atoms with van der Waals surface area (Å²) in [5, 5.41) is 14.3. The topological polar surface area (TPSA) is 67.3 Å². The summed E-state index contributed by atoms with van der Waals surface area (Å²) in [5.41, 5.74) is 0.881. The summed E-state index contributed by atoms with van der Waals surface area (Å²) in [4.78, 5) is 4.26. The van der Waals surface area contributed by atoms with Crippen LogP contribution in [-0.2, 0) is 6.42 Å². The summed E-state index contributed by atoms with van der Waals surface area (Å²) in [5.74, 6) is 1.55. The van der Waals surface area contributed by atoms with Gasteiger partial charge in [-0.25, -0.2) is 4.98 Å². The van der Waals surface area contributed by atoms with Gasteiger partial charge in [0.15, 0.2) is 5.82 Å². The third-order valence-electron chi connectivity index (χ3n) is 1.71. The van der Waals surface area contributed by atoms with E-state index < -0.39 is 0 Å². The average Bonchev–Trinajstić information content (AvgIpc) is 2.67. The van der Waals surface area contributed by atoms with Gasteiger partial charge in [0.2, 0.25) is 0 Å². The minimum atomic E-state index is 0.673. The van der Waals surface area contributed by atoms with Gasteiger partial charge in [-0.3, -0.25) is 5.10 Å². The van der Waals surface area contributed by atoms with Gasteiger partial charge in [-0.05, 0) is 6.07 Å². The molecule has 0 aliphatic rings. The standard InChI is InChI=1S/C8H9N5/c1-2-7-11-8(13-12-7)6-3-4-9-10-5-6/h3-5H,2H2,1H3,(H,11,12,13). The van der Waals surface area contributed by atoms with E-state index in [9.17, 15) is 0 Å². The van der Waals surface area contributed by atoms with Crippen LogP contribution in [0.2, 0.25) is 0 Å². The molecule has 0 saturated carbocycles. The molecule has 1 N–H and O–H groups in total. The van der Waals surface area contributed by atoms with Crippen LogP contribution >= 0.6 is 0 Å². The second kappa shape index (κ2) is 3.30. The van der Waals surface area contributed by atoms with Gasteiger partial charge in [-0.1, -0.05) is 6.92 Å². The lowest BCUT2D eigenvalue weighted by Gasteiger charge is -1.89. The molecule has 0 aromatic carbocycles. The Morgan fingerprint density at radius 3 is 2.92 bits per heavy atom. The molecule has 0 aliphatic heterocycles. The number of rotatable bonds is 2. The number of aromatic nitrogens is 5. The molecule has 0 spiro atoms. The van der Waals surface area contributed by atoms with Crippen LogP contribution in [0.3, 0.4) is 0 Å². The molecule has 0 atom stereocenters. The first-order chi connectivity index (χ1) is 6.40. The van der Waals surface area contributed by atoms with Gasteiger partial charge in [0.05, 0.1) is 12.4 Å². The Labute approximate surface area is 75.2 Å². The number of nitrogens with zero attached hydrogens (tertiary/aromatic N) is 4. The predicted octanol–water partition coefficient (Wildman–Crippen LogP) is 0.824. The maximum atomic E-state index is 4.26. The van der Waals surface area contributed by atoms with Crippen molar-refractivity contribution in [3.8, 4) is 11.4 Å². The molecule has 2 heterocycles. The molecule has 0 radical (unpaired) electrons. The highest BCUT2D eigenvalue weighted by atomic mass is 15.2. The fraction of sp³-hybridized carbons (Fsp3) is 0.250. The summed E-state index contributed by atoms with van der Waals surface area (Å²) < 4.78 is 0. The van der Waals surface area contributed by atoms with Crippen LogP contribution in [0.5, 0.6) is 0 Å². The Morgan fingerprint density at radius 2 is 2.31 bits per heavy atom. The molecule has 2 aromatic heterocycles. The van der Waals surface area contributed by atoms with Crippen molar-refractivity contribution in [3.05, 3.63) is 24.3 Å². The first-order valence-electron chi connectivity index (χ1n) is 4.08. The maximum absolute atomic E-state index is 4.26. The third kappa shape index (κ3) is 1.53. The van der Waals surface area contributed by atoms with Crippen molar-refractivity contribution >= 4 is 0 Å². The van der Waals surface area contributed by atoms with Crippen molar-refractivity contribution in [2.24, 2.45) is 0 Å². The van der Waals surface area contributed by atoms with E-state index in [1.807, 2.05) is 13.0 Å². The van der Waals surface area contributed by atoms with Crippen LogP contribution in [0.15, 0.2) is 18.5 Å². The molecule has 0 fully saturated rings. The van der Waals surface area contributed by atoms with Gasteiger partial charge in [0.25, 0.3) is 0 Å². The van der Waals surface area contributed by atoms with E-state index in [1.54, 1.807) is 12.4 Å². The Morgan fingerprint density at radius 1 is 1.38 bits per heavy atom. The van der Waals surface area contributed by atoms with Crippen molar-refractivity contribution in [2.75, 3.05) is 0 Å². The van der Waals surface area contributed by atoms with E-state index >= 15 is 0 Å². The molecule has 5 nitrogen and oxygen atoms in total. The van der Waals surface area contributed by atoms with Crippen LogP contribution < -0.4 is 0 Å². The summed E-state index contributed by atoms with van der Waals surface area (Å²) in [6, 6.07) is 1.83. The number of aromatic amines is 1. The lowest BCUT2D eigenvalue weighted by atomic mass is 10.3. The Hall–Kier alpha value is -1.78.